The largest absolute Gasteiger partial charge is 0.486 e. The Morgan fingerprint density at radius 1 is 1.26 bits per heavy atom. The Kier molecular flexibility index (Phi) is 4.36. The van der Waals surface area contributed by atoms with Gasteiger partial charge in [-0.3, -0.25) is 9.48 Å². The second-order valence-electron chi connectivity index (χ2n) is 8.49. The molecule has 0 unspecified atom stereocenters. The van der Waals surface area contributed by atoms with Crippen molar-refractivity contribution < 1.29 is 14.3 Å². The van der Waals surface area contributed by atoms with Gasteiger partial charge >= 0.3 is 0 Å². The molecule has 2 aliphatic rings. The summed E-state index contributed by atoms with van der Waals surface area (Å²) in [7, 11) is 1.81. The summed E-state index contributed by atoms with van der Waals surface area (Å²) in [5.74, 6) is 1.96. The van der Waals surface area contributed by atoms with Crippen molar-refractivity contribution >= 4 is 5.91 Å². The van der Waals surface area contributed by atoms with Crippen LogP contribution in [-0.4, -0.2) is 46.9 Å². The van der Waals surface area contributed by atoms with E-state index in [4.69, 9.17) is 14.6 Å². The van der Waals surface area contributed by atoms with Gasteiger partial charge in [0.15, 0.2) is 17.6 Å². The van der Waals surface area contributed by atoms with E-state index in [-0.39, 0.29) is 17.6 Å². The van der Waals surface area contributed by atoms with E-state index in [9.17, 15) is 4.79 Å². The van der Waals surface area contributed by atoms with Crippen LogP contribution in [0.2, 0.25) is 0 Å². The standard InChI is InChI=1S/C21H27N3O3/c1-21(2,3)24-17(11-16(22-24)14-9-10-14)20(25)23(4)12-15-13-26-18-7-5-6-8-19(18)27-15/h5-8,11,14-15H,9-10,12-13H2,1-4H3/t15-/m0/s1. The Morgan fingerprint density at radius 3 is 2.63 bits per heavy atom. The van der Waals surface area contributed by atoms with Gasteiger partial charge in [0.1, 0.15) is 12.3 Å². The molecule has 27 heavy (non-hydrogen) atoms. The van der Waals surface area contributed by atoms with E-state index in [2.05, 4.69) is 20.8 Å². The van der Waals surface area contributed by atoms with Crippen LogP contribution in [0.3, 0.4) is 0 Å². The predicted octanol–water partition coefficient (Wildman–Crippen LogP) is 3.43. The van der Waals surface area contributed by atoms with E-state index in [1.807, 2.05) is 42.1 Å². The molecular weight excluding hydrogens is 342 g/mol. The maximum atomic E-state index is 13.2. The zero-order valence-corrected chi connectivity index (χ0v) is 16.4. The molecule has 0 saturated heterocycles. The maximum Gasteiger partial charge on any atom is 0.272 e. The molecule has 6 nitrogen and oxygen atoms in total. The second-order valence-corrected chi connectivity index (χ2v) is 8.49. The number of para-hydroxylation sites is 2. The molecule has 0 radical (unpaired) electrons. The normalized spacial score (nSPS) is 19.0. The second kappa shape index (κ2) is 6.59. The predicted molar refractivity (Wildman–Crippen MR) is 103 cm³/mol. The molecule has 0 spiro atoms. The Balaban J connectivity index is 1.50. The minimum atomic E-state index is -0.248. The van der Waals surface area contributed by atoms with Crippen LogP contribution in [-0.2, 0) is 5.54 Å². The fourth-order valence-electron chi connectivity index (χ4n) is 3.38. The molecular formula is C21H27N3O3. The van der Waals surface area contributed by atoms with Gasteiger partial charge in [-0.2, -0.15) is 5.10 Å². The van der Waals surface area contributed by atoms with E-state index >= 15 is 0 Å². The van der Waals surface area contributed by atoms with Crippen molar-refractivity contribution in [2.45, 2.75) is 51.2 Å². The summed E-state index contributed by atoms with van der Waals surface area (Å²) in [6.45, 7) is 7.11. The summed E-state index contributed by atoms with van der Waals surface area (Å²) in [5, 5.41) is 4.74. The van der Waals surface area contributed by atoms with Crippen LogP contribution >= 0.6 is 0 Å². The highest BCUT2D eigenvalue weighted by Crippen LogP contribution is 2.40. The first-order valence-corrected chi connectivity index (χ1v) is 9.57. The Bertz CT molecular complexity index is 849. The first-order chi connectivity index (χ1) is 12.8. The fourth-order valence-corrected chi connectivity index (χ4v) is 3.38. The Morgan fingerprint density at radius 2 is 1.96 bits per heavy atom. The van der Waals surface area contributed by atoms with Crippen LogP contribution in [0.25, 0.3) is 0 Å². The van der Waals surface area contributed by atoms with Crippen molar-refractivity contribution in [2.75, 3.05) is 20.2 Å². The zero-order chi connectivity index (χ0) is 19.2. The fraction of sp³-hybridized carbons (Fsp3) is 0.524. The number of carbonyl (C=O) groups excluding carboxylic acids is 1. The lowest BCUT2D eigenvalue weighted by Gasteiger charge is -2.30. The number of nitrogens with zero attached hydrogens (tertiary/aromatic N) is 3. The number of hydrogen-bond acceptors (Lipinski definition) is 4. The Hall–Kier alpha value is -2.50. The zero-order valence-electron chi connectivity index (χ0n) is 16.4. The first kappa shape index (κ1) is 17.9. The van der Waals surface area contributed by atoms with Crippen molar-refractivity contribution in [3.8, 4) is 11.5 Å². The number of ether oxygens (including phenoxy) is 2. The molecule has 1 aromatic heterocycles. The summed E-state index contributed by atoms with van der Waals surface area (Å²) < 4.78 is 13.6. The third-order valence-corrected chi connectivity index (χ3v) is 4.97. The number of rotatable bonds is 4. The highest BCUT2D eigenvalue weighted by Gasteiger charge is 2.33. The number of carbonyl (C=O) groups is 1. The van der Waals surface area contributed by atoms with Gasteiger partial charge in [0.2, 0.25) is 0 Å². The van der Waals surface area contributed by atoms with Crippen LogP contribution in [0.4, 0.5) is 0 Å². The molecule has 1 saturated carbocycles. The van der Waals surface area contributed by atoms with Gasteiger partial charge in [0.25, 0.3) is 5.91 Å². The molecule has 0 bridgehead atoms. The Labute approximate surface area is 160 Å². The molecule has 144 valence electrons. The van der Waals surface area contributed by atoms with Gasteiger partial charge in [-0.1, -0.05) is 12.1 Å². The molecule has 1 fully saturated rings. The molecule has 1 atom stereocenters. The van der Waals surface area contributed by atoms with Crippen LogP contribution in [0, 0.1) is 0 Å². The lowest BCUT2D eigenvalue weighted by Crippen LogP contribution is -2.43. The van der Waals surface area contributed by atoms with Crippen molar-refractivity contribution in [2.24, 2.45) is 0 Å². The number of amides is 1. The molecule has 6 heteroatoms. The lowest BCUT2D eigenvalue weighted by atomic mass is 10.1. The number of aromatic nitrogens is 2. The topological polar surface area (TPSA) is 56.6 Å². The highest BCUT2D eigenvalue weighted by molar-refractivity contribution is 5.92. The monoisotopic (exact) mass is 369 g/mol. The first-order valence-electron chi connectivity index (χ1n) is 9.57. The highest BCUT2D eigenvalue weighted by atomic mass is 16.6. The molecule has 1 aliphatic carbocycles. The van der Waals surface area contributed by atoms with Crippen LogP contribution in [0.5, 0.6) is 11.5 Å². The van der Waals surface area contributed by atoms with Crippen molar-refractivity contribution in [3.63, 3.8) is 0 Å². The molecule has 1 aromatic carbocycles. The van der Waals surface area contributed by atoms with Gasteiger partial charge in [-0.15, -0.1) is 0 Å². The molecule has 2 heterocycles. The van der Waals surface area contributed by atoms with Gasteiger partial charge < -0.3 is 14.4 Å². The quantitative estimate of drug-likeness (QED) is 0.829. The summed E-state index contributed by atoms with van der Waals surface area (Å²) in [4.78, 5) is 14.9. The number of likely N-dealkylation sites (N-methyl/N-ethyl adjacent to an activating group) is 1. The third kappa shape index (κ3) is 3.66. The van der Waals surface area contributed by atoms with Gasteiger partial charge in [0, 0.05) is 13.0 Å². The van der Waals surface area contributed by atoms with E-state index < -0.39 is 0 Å². The average Bonchev–Trinajstić information content (AvgIpc) is 3.38. The summed E-state index contributed by atoms with van der Waals surface area (Å²) in [5.41, 5.74) is 1.43. The van der Waals surface area contributed by atoms with Crippen molar-refractivity contribution in [1.82, 2.24) is 14.7 Å². The molecule has 4 rings (SSSR count). The lowest BCUT2D eigenvalue weighted by molar-refractivity contribution is 0.0509. The van der Waals surface area contributed by atoms with E-state index in [0.29, 0.717) is 24.8 Å². The van der Waals surface area contributed by atoms with E-state index in [0.717, 1.165) is 30.0 Å². The van der Waals surface area contributed by atoms with Gasteiger partial charge in [0.05, 0.1) is 17.8 Å². The smallest absolute Gasteiger partial charge is 0.272 e. The maximum absolute atomic E-state index is 13.2. The van der Waals surface area contributed by atoms with Crippen molar-refractivity contribution in [1.29, 1.82) is 0 Å². The van der Waals surface area contributed by atoms with Crippen LogP contribution in [0.1, 0.15) is 55.7 Å². The van der Waals surface area contributed by atoms with Crippen LogP contribution < -0.4 is 9.47 Å². The number of hydrogen-bond donors (Lipinski definition) is 0. The van der Waals surface area contributed by atoms with Gasteiger partial charge in [-0.25, -0.2) is 0 Å². The summed E-state index contributed by atoms with van der Waals surface area (Å²) in [6, 6.07) is 9.58. The average molecular weight is 369 g/mol. The number of benzene rings is 1. The number of fused-ring (bicyclic) bond motifs is 1. The molecule has 0 N–H and O–H groups in total. The molecule has 1 aliphatic heterocycles. The van der Waals surface area contributed by atoms with Crippen molar-refractivity contribution in [3.05, 3.63) is 41.7 Å². The summed E-state index contributed by atoms with van der Waals surface area (Å²) >= 11 is 0. The van der Waals surface area contributed by atoms with Crippen LogP contribution in [0.15, 0.2) is 30.3 Å². The minimum Gasteiger partial charge on any atom is -0.486 e. The summed E-state index contributed by atoms with van der Waals surface area (Å²) in [6.07, 6.45) is 2.14. The SMILES string of the molecule is CN(C[C@H]1COc2ccccc2O1)C(=O)c1cc(C2CC2)nn1C(C)(C)C. The molecule has 2 aromatic rings. The van der Waals surface area contributed by atoms with E-state index in [1.54, 1.807) is 4.90 Å². The minimum absolute atomic E-state index is 0.0354. The van der Waals surface area contributed by atoms with Gasteiger partial charge in [-0.05, 0) is 51.8 Å². The molecule has 1 amide bonds. The third-order valence-electron chi connectivity index (χ3n) is 4.97. The van der Waals surface area contributed by atoms with E-state index in [1.165, 1.54) is 0 Å².